The Bertz CT molecular complexity index is 154. The number of carboxylic acid groups (broad SMARTS) is 2. The number of hydrogen-bond donors (Lipinski definition) is 1. The van der Waals surface area contributed by atoms with Crippen molar-refractivity contribution in [1.82, 2.24) is 0 Å². The largest absolute Gasteiger partial charge is 2.00 e. The minimum atomic E-state index is -1.44. The SMILES string of the molecule is Cl.N[C@H](CCC(=O)[O-])C(=O)[O-].[Mg+2]. The van der Waals surface area contributed by atoms with E-state index in [2.05, 4.69) is 0 Å². The summed E-state index contributed by atoms with van der Waals surface area (Å²) in [6.45, 7) is 0. The molecular formula is C5H8ClMgNO4. The minimum Gasteiger partial charge on any atom is -0.550 e. The van der Waals surface area contributed by atoms with Crippen molar-refractivity contribution in [1.29, 1.82) is 0 Å². The molecule has 0 aliphatic carbocycles. The number of rotatable bonds is 4. The molecular weight excluding hydrogens is 198 g/mol. The van der Waals surface area contributed by atoms with E-state index in [0.717, 1.165) is 0 Å². The second-order valence-corrected chi connectivity index (χ2v) is 1.84. The first-order valence-corrected chi connectivity index (χ1v) is 2.70. The van der Waals surface area contributed by atoms with Crippen molar-refractivity contribution < 1.29 is 19.8 Å². The molecule has 0 unspecified atom stereocenters. The van der Waals surface area contributed by atoms with E-state index in [1.165, 1.54) is 0 Å². The van der Waals surface area contributed by atoms with Gasteiger partial charge in [-0.1, -0.05) is 0 Å². The molecule has 0 aromatic heterocycles. The first kappa shape index (κ1) is 17.9. The average Bonchev–Trinajstić information content (AvgIpc) is 1.82. The maximum atomic E-state index is 9.86. The number of carbonyl (C=O) groups excluding carboxylic acids is 2. The molecule has 0 aromatic carbocycles. The molecule has 7 heteroatoms. The van der Waals surface area contributed by atoms with Crippen LogP contribution in [0.2, 0.25) is 0 Å². The number of nitrogens with two attached hydrogens (primary N) is 1. The van der Waals surface area contributed by atoms with Gasteiger partial charge in [0.2, 0.25) is 0 Å². The summed E-state index contributed by atoms with van der Waals surface area (Å²) in [4.78, 5) is 19.6. The fraction of sp³-hybridized carbons (Fsp3) is 0.600. The third kappa shape index (κ3) is 9.96. The smallest absolute Gasteiger partial charge is 0.550 e. The molecule has 0 spiro atoms. The second kappa shape index (κ2) is 9.05. The molecule has 0 rings (SSSR count). The molecule has 2 N–H and O–H groups in total. The number of carbonyl (C=O) groups is 2. The fourth-order valence-corrected chi connectivity index (χ4v) is 0.391. The molecule has 0 saturated carbocycles. The zero-order valence-corrected chi connectivity index (χ0v) is 8.55. The fourth-order valence-electron chi connectivity index (χ4n) is 0.391. The van der Waals surface area contributed by atoms with Crippen LogP contribution in [-0.2, 0) is 9.59 Å². The molecule has 0 bridgehead atoms. The Balaban J connectivity index is -0.000000405. The number of hydrogen-bond acceptors (Lipinski definition) is 5. The molecule has 0 heterocycles. The molecule has 0 amide bonds. The summed E-state index contributed by atoms with van der Waals surface area (Å²) in [6.07, 6.45) is -0.500. The Kier molecular flexibility index (Phi) is 13.5. The topological polar surface area (TPSA) is 106 Å². The van der Waals surface area contributed by atoms with E-state index in [0.29, 0.717) is 0 Å². The van der Waals surface area contributed by atoms with Gasteiger partial charge in [-0.15, -0.1) is 12.4 Å². The molecule has 0 radical (unpaired) electrons. The summed E-state index contributed by atoms with van der Waals surface area (Å²) in [5, 5.41) is 19.6. The Hall–Kier alpha value is -0.0438. The zero-order chi connectivity index (χ0) is 8.15. The van der Waals surface area contributed by atoms with Crippen LogP contribution in [-0.4, -0.2) is 41.0 Å². The first-order chi connectivity index (χ1) is 4.54. The summed E-state index contributed by atoms with van der Waals surface area (Å²) in [5.74, 6) is -2.75. The predicted molar refractivity (Wildman–Crippen MR) is 40.2 cm³/mol. The Morgan fingerprint density at radius 1 is 1.33 bits per heavy atom. The van der Waals surface area contributed by atoms with Crippen LogP contribution in [0, 0.1) is 0 Å². The van der Waals surface area contributed by atoms with Crippen LogP contribution >= 0.6 is 12.4 Å². The van der Waals surface area contributed by atoms with Gasteiger partial charge in [0.25, 0.3) is 0 Å². The number of carboxylic acids is 2. The van der Waals surface area contributed by atoms with E-state index in [4.69, 9.17) is 5.73 Å². The van der Waals surface area contributed by atoms with Gasteiger partial charge in [0.1, 0.15) is 0 Å². The standard InChI is InChI=1S/C5H9NO4.ClH.Mg/c6-3(5(9)10)1-2-4(7)8;;/h3H,1-2,6H2,(H,7,8)(H,9,10);1H;/q;;+2/p-2/t3-;;/m1../s1. The Morgan fingerprint density at radius 3 is 2.00 bits per heavy atom. The third-order valence-electron chi connectivity index (χ3n) is 0.962. The second-order valence-electron chi connectivity index (χ2n) is 1.84. The van der Waals surface area contributed by atoms with Crippen LogP contribution in [0.1, 0.15) is 12.8 Å². The molecule has 1 atom stereocenters. The quantitative estimate of drug-likeness (QED) is 0.483. The maximum Gasteiger partial charge on any atom is 2.00 e. The van der Waals surface area contributed by atoms with Crippen molar-refractivity contribution in [2.24, 2.45) is 5.73 Å². The molecule has 0 fully saturated rings. The van der Waals surface area contributed by atoms with Gasteiger partial charge in [0.15, 0.2) is 0 Å². The minimum absolute atomic E-state index is 0. The Labute approximate surface area is 91.9 Å². The normalized spacial score (nSPS) is 10.4. The van der Waals surface area contributed by atoms with Crippen molar-refractivity contribution in [3.05, 3.63) is 0 Å². The summed E-state index contributed by atoms with van der Waals surface area (Å²) in [6, 6.07) is -1.21. The first-order valence-electron chi connectivity index (χ1n) is 2.70. The van der Waals surface area contributed by atoms with Gasteiger partial charge in [-0.05, 0) is 12.8 Å². The molecule has 0 saturated heterocycles. The van der Waals surface area contributed by atoms with Crippen LogP contribution in [0.3, 0.4) is 0 Å². The number of halogens is 1. The zero-order valence-electron chi connectivity index (χ0n) is 6.32. The van der Waals surface area contributed by atoms with Crippen LogP contribution in [0.25, 0.3) is 0 Å². The van der Waals surface area contributed by atoms with Crippen molar-refractivity contribution in [2.75, 3.05) is 0 Å². The Morgan fingerprint density at radius 2 is 1.75 bits per heavy atom. The van der Waals surface area contributed by atoms with Crippen molar-refractivity contribution in [3.8, 4) is 0 Å². The number of aliphatic carboxylic acids is 2. The van der Waals surface area contributed by atoms with Crippen molar-refractivity contribution >= 4 is 47.4 Å². The van der Waals surface area contributed by atoms with Crippen LogP contribution in [0.4, 0.5) is 0 Å². The van der Waals surface area contributed by atoms with Crippen LogP contribution in [0.5, 0.6) is 0 Å². The van der Waals surface area contributed by atoms with E-state index < -0.39 is 18.0 Å². The van der Waals surface area contributed by atoms with E-state index >= 15 is 0 Å². The third-order valence-corrected chi connectivity index (χ3v) is 0.962. The molecule has 0 aliphatic heterocycles. The van der Waals surface area contributed by atoms with E-state index in [1.54, 1.807) is 0 Å². The molecule has 66 valence electrons. The average molecular weight is 206 g/mol. The van der Waals surface area contributed by atoms with Gasteiger partial charge in [-0.25, -0.2) is 0 Å². The molecule has 0 aromatic rings. The van der Waals surface area contributed by atoms with E-state index in [9.17, 15) is 19.8 Å². The molecule has 12 heavy (non-hydrogen) atoms. The van der Waals surface area contributed by atoms with Crippen molar-refractivity contribution in [3.63, 3.8) is 0 Å². The van der Waals surface area contributed by atoms with Gasteiger partial charge in [0, 0.05) is 12.0 Å². The van der Waals surface area contributed by atoms with Crippen molar-refractivity contribution in [2.45, 2.75) is 18.9 Å². The molecule has 0 aliphatic rings. The summed E-state index contributed by atoms with van der Waals surface area (Å²) in [7, 11) is 0. The summed E-state index contributed by atoms with van der Waals surface area (Å²) < 4.78 is 0. The van der Waals surface area contributed by atoms with Gasteiger partial charge < -0.3 is 25.5 Å². The molecule has 5 nitrogen and oxygen atoms in total. The van der Waals surface area contributed by atoms with Gasteiger partial charge in [-0.3, -0.25) is 0 Å². The summed E-state index contributed by atoms with van der Waals surface area (Å²) >= 11 is 0. The van der Waals surface area contributed by atoms with E-state index in [-0.39, 0.29) is 48.3 Å². The summed E-state index contributed by atoms with van der Waals surface area (Å²) in [5.41, 5.74) is 4.91. The van der Waals surface area contributed by atoms with Gasteiger partial charge >= 0.3 is 23.1 Å². The van der Waals surface area contributed by atoms with Crippen LogP contribution in [0.15, 0.2) is 0 Å². The monoisotopic (exact) mass is 205 g/mol. The van der Waals surface area contributed by atoms with Gasteiger partial charge in [0.05, 0.1) is 5.97 Å². The predicted octanol–water partition coefficient (Wildman–Crippen LogP) is -3.37. The van der Waals surface area contributed by atoms with Crippen LogP contribution < -0.4 is 15.9 Å². The van der Waals surface area contributed by atoms with Gasteiger partial charge in [-0.2, -0.15) is 0 Å². The maximum absolute atomic E-state index is 9.86. The van der Waals surface area contributed by atoms with E-state index in [1.807, 2.05) is 0 Å².